The lowest BCUT2D eigenvalue weighted by Crippen LogP contribution is -2.24. The summed E-state index contributed by atoms with van der Waals surface area (Å²) < 4.78 is 14.8. The van der Waals surface area contributed by atoms with E-state index in [0.29, 0.717) is 12.2 Å². The van der Waals surface area contributed by atoms with Gasteiger partial charge >= 0.3 is 0 Å². The molecule has 156 valence electrons. The van der Waals surface area contributed by atoms with E-state index in [2.05, 4.69) is 85.7 Å². The highest BCUT2D eigenvalue weighted by atomic mass is 79.9. The minimum atomic E-state index is 0.260. The van der Waals surface area contributed by atoms with Crippen LogP contribution in [0.2, 0.25) is 0 Å². The van der Waals surface area contributed by atoms with Crippen molar-refractivity contribution in [3.63, 3.8) is 0 Å². The molecule has 4 rings (SSSR count). The van der Waals surface area contributed by atoms with Gasteiger partial charge in [-0.15, -0.1) is 0 Å². The average Bonchev–Trinajstić information content (AvgIpc) is 3.39. The molecule has 0 aromatic heterocycles. The Morgan fingerprint density at radius 2 is 1.07 bits per heavy atom. The maximum Gasteiger partial charge on any atom is 0.0829 e. The molecule has 2 aliphatic rings. The first-order valence-electron chi connectivity index (χ1n) is 10.7. The zero-order chi connectivity index (χ0) is 20.1. The molecular formula is C24H29Br2NO2. The van der Waals surface area contributed by atoms with Gasteiger partial charge in [0.25, 0.3) is 0 Å². The lowest BCUT2D eigenvalue weighted by atomic mass is 10.1. The smallest absolute Gasteiger partial charge is 0.0829 e. The highest BCUT2D eigenvalue weighted by molar-refractivity contribution is 9.10. The molecule has 5 heteroatoms. The van der Waals surface area contributed by atoms with Crippen molar-refractivity contribution in [2.45, 2.75) is 62.9 Å². The van der Waals surface area contributed by atoms with Gasteiger partial charge in [-0.25, -0.2) is 0 Å². The molecular weight excluding hydrogens is 494 g/mol. The maximum atomic E-state index is 6.26. The second-order valence-corrected chi connectivity index (χ2v) is 9.91. The highest BCUT2D eigenvalue weighted by Gasteiger charge is 2.27. The van der Waals surface area contributed by atoms with Crippen LogP contribution in [0.1, 0.15) is 61.9 Å². The van der Waals surface area contributed by atoms with E-state index in [4.69, 9.17) is 9.47 Å². The Balaban J connectivity index is 1.10. The van der Waals surface area contributed by atoms with Crippen molar-refractivity contribution in [3.8, 4) is 0 Å². The van der Waals surface area contributed by atoms with Crippen LogP contribution < -0.4 is 5.32 Å². The molecule has 2 fully saturated rings. The number of ether oxygens (including phenoxy) is 2. The Labute approximate surface area is 190 Å². The van der Waals surface area contributed by atoms with Gasteiger partial charge in [-0.2, -0.15) is 0 Å². The van der Waals surface area contributed by atoms with Crippen LogP contribution in [0.25, 0.3) is 0 Å². The normalized spacial score (nSPS) is 26.8. The molecule has 0 spiro atoms. The summed E-state index contributed by atoms with van der Waals surface area (Å²) in [6, 6.07) is 17.0. The van der Waals surface area contributed by atoms with Crippen LogP contribution in [0.4, 0.5) is 0 Å². The van der Waals surface area contributed by atoms with Gasteiger partial charge in [0.2, 0.25) is 0 Å². The van der Waals surface area contributed by atoms with E-state index in [1.54, 1.807) is 0 Å². The first-order valence-corrected chi connectivity index (χ1v) is 12.3. The molecule has 0 saturated carbocycles. The van der Waals surface area contributed by atoms with Crippen molar-refractivity contribution in [2.75, 3.05) is 13.1 Å². The number of benzene rings is 2. The molecule has 2 aliphatic heterocycles. The summed E-state index contributed by atoms with van der Waals surface area (Å²) in [7, 11) is 0. The van der Waals surface area contributed by atoms with Crippen molar-refractivity contribution in [2.24, 2.45) is 0 Å². The van der Waals surface area contributed by atoms with Crippen molar-refractivity contribution >= 4 is 31.9 Å². The van der Waals surface area contributed by atoms with Gasteiger partial charge in [0.15, 0.2) is 0 Å². The fourth-order valence-electron chi connectivity index (χ4n) is 4.33. The predicted octanol–water partition coefficient (Wildman–Crippen LogP) is 6.72. The Morgan fingerprint density at radius 1 is 0.655 bits per heavy atom. The molecule has 3 nitrogen and oxygen atoms in total. The molecule has 0 amide bonds. The minimum Gasteiger partial charge on any atom is -0.370 e. The second-order valence-electron chi connectivity index (χ2n) is 8.08. The van der Waals surface area contributed by atoms with Crippen LogP contribution in [0, 0.1) is 0 Å². The molecule has 4 atom stereocenters. The molecule has 0 bridgehead atoms. The zero-order valence-electron chi connectivity index (χ0n) is 16.7. The third-order valence-electron chi connectivity index (χ3n) is 5.98. The number of hydrogen-bond acceptors (Lipinski definition) is 3. The second kappa shape index (κ2) is 10.5. The molecule has 0 aliphatic carbocycles. The van der Waals surface area contributed by atoms with Gasteiger partial charge in [-0.3, -0.25) is 0 Å². The van der Waals surface area contributed by atoms with Gasteiger partial charge in [0.1, 0.15) is 0 Å². The first-order chi connectivity index (χ1) is 14.2. The maximum absolute atomic E-state index is 6.26. The summed E-state index contributed by atoms with van der Waals surface area (Å²) >= 11 is 6.99. The molecule has 2 saturated heterocycles. The first kappa shape index (κ1) is 21.5. The van der Waals surface area contributed by atoms with Crippen molar-refractivity contribution in [1.82, 2.24) is 5.32 Å². The van der Waals surface area contributed by atoms with Gasteiger partial charge < -0.3 is 14.8 Å². The highest BCUT2D eigenvalue weighted by Crippen LogP contribution is 2.35. The van der Waals surface area contributed by atoms with Crippen LogP contribution in [0.15, 0.2) is 57.5 Å². The van der Waals surface area contributed by atoms with Crippen LogP contribution in [0.3, 0.4) is 0 Å². The Morgan fingerprint density at radius 3 is 1.48 bits per heavy atom. The SMILES string of the molecule is Brc1ccc(C2CCC(CCNCCC3CCC(c4ccc(Br)cc4)O3)O2)cc1. The molecule has 29 heavy (non-hydrogen) atoms. The van der Waals surface area contributed by atoms with E-state index in [9.17, 15) is 0 Å². The van der Waals surface area contributed by atoms with Crippen molar-refractivity contribution < 1.29 is 9.47 Å². The van der Waals surface area contributed by atoms with Crippen LogP contribution in [-0.4, -0.2) is 25.3 Å². The summed E-state index contributed by atoms with van der Waals surface area (Å²) in [5.74, 6) is 0. The standard InChI is InChI=1S/C24H29Br2NO2/c25-19-5-1-17(2-6-19)23-11-9-21(28-23)13-15-27-16-14-22-10-12-24(29-22)18-3-7-20(26)8-4-18/h1-8,21-24,27H,9-16H2. The van der Waals surface area contributed by atoms with E-state index in [1.165, 1.54) is 11.1 Å². The lowest BCUT2D eigenvalue weighted by molar-refractivity contribution is 0.0365. The molecule has 0 radical (unpaired) electrons. The third-order valence-corrected chi connectivity index (χ3v) is 7.04. The summed E-state index contributed by atoms with van der Waals surface area (Å²) in [6.07, 6.45) is 8.00. The Hall–Kier alpha value is -0.720. The van der Waals surface area contributed by atoms with E-state index in [-0.39, 0.29) is 12.2 Å². The van der Waals surface area contributed by atoms with E-state index in [0.717, 1.165) is 60.6 Å². The van der Waals surface area contributed by atoms with Crippen LogP contribution in [0.5, 0.6) is 0 Å². The lowest BCUT2D eigenvalue weighted by Gasteiger charge is -2.16. The minimum absolute atomic E-state index is 0.260. The molecule has 4 unspecified atom stereocenters. The van der Waals surface area contributed by atoms with E-state index in [1.807, 2.05) is 0 Å². The summed E-state index contributed by atoms with van der Waals surface area (Å²) in [6.45, 7) is 2.03. The van der Waals surface area contributed by atoms with E-state index >= 15 is 0 Å². The third kappa shape index (κ3) is 6.14. The summed E-state index contributed by atoms with van der Waals surface area (Å²) in [5, 5.41) is 3.59. The molecule has 2 aromatic rings. The van der Waals surface area contributed by atoms with Gasteiger partial charge in [-0.1, -0.05) is 56.1 Å². The fourth-order valence-corrected chi connectivity index (χ4v) is 4.86. The zero-order valence-corrected chi connectivity index (χ0v) is 19.8. The van der Waals surface area contributed by atoms with Gasteiger partial charge in [0, 0.05) is 8.95 Å². The van der Waals surface area contributed by atoms with Crippen molar-refractivity contribution in [1.29, 1.82) is 0 Å². The number of rotatable bonds is 8. The van der Waals surface area contributed by atoms with Crippen LogP contribution >= 0.6 is 31.9 Å². The number of halogens is 2. The van der Waals surface area contributed by atoms with E-state index < -0.39 is 0 Å². The van der Waals surface area contributed by atoms with Crippen molar-refractivity contribution in [3.05, 3.63) is 68.6 Å². The van der Waals surface area contributed by atoms with Crippen LogP contribution in [-0.2, 0) is 9.47 Å². The average molecular weight is 523 g/mol. The number of nitrogens with one attached hydrogen (secondary N) is 1. The predicted molar refractivity (Wildman–Crippen MR) is 124 cm³/mol. The fraction of sp³-hybridized carbons (Fsp3) is 0.500. The Bertz CT molecular complexity index is 700. The Kier molecular flexibility index (Phi) is 7.82. The topological polar surface area (TPSA) is 30.5 Å². The van der Waals surface area contributed by atoms with Gasteiger partial charge in [-0.05, 0) is 87.0 Å². The summed E-state index contributed by atoms with van der Waals surface area (Å²) in [4.78, 5) is 0. The monoisotopic (exact) mass is 521 g/mol. The summed E-state index contributed by atoms with van der Waals surface area (Å²) in [5.41, 5.74) is 2.59. The van der Waals surface area contributed by atoms with Gasteiger partial charge in [0.05, 0.1) is 24.4 Å². The quantitative estimate of drug-likeness (QED) is 0.390. The largest absolute Gasteiger partial charge is 0.370 e. The molecule has 2 heterocycles. The molecule has 2 aromatic carbocycles. The number of hydrogen-bond donors (Lipinski definition) is 1. The molecule has 1 N–H and O–H groups in total.